The fourth-order valence-electron chi connectivity index (χ4n) is 0.843. The minimum atomic E-state index is -4.25. The molecular formula is C7H7NO5S. The van der Waals surface area contributed by atoms with Crippen molar-refractivity contribution in [3.8, 4) is 0 Å². The summed E-state index contributed by atoms with van der Waals surface area (Å²) < 4.78 is 29.8. The molecule has 0 bridgehead atoms. The van der Waals surface area contributed by atoms with E-state index in [-0.39, 0.29) is 10.5 Å². The lowest BCUT2D eigenvalue weighted by Crippen LogP contribution is -2.18. The van der Waals surface area contributed by atoms with Crippen LogP contribution < -0.4 is 5.48 Å². The first kappa shape index (κ1) is 10.6. The molecule has 0 saturated heterocycles. The number of nitrogens with one attached hydrogen (secondary N) is 1. The van der Waals surface area contributed by atoms with Gasteiger partial charge in [-0.3, -0.25) is 14.6 Å². The standard InChI is InChI=1S/C7H7NO5S/c9-7(8-10)5-1-3-6(4-2-5)14(11,12)13/h1-4,10H,(H,8,9)(H,11,12,13). The van der Waals surface area contributed by atoms with Crippen molar-refractivity contribution in [2.24, 2.45) is 0 Å². The van der Waals surface area contributed by atoms with Crippen LogP contribution in [-0.4, -0.2) is 24.1 Å². The van der Waals surface area contributed by atoms with Gasteiger partial charge in [-0.15, -0.1) is 0 Å². The first-order chi connectivity index (χ1) is 6.45. The van der Waals surface area contributed by atoms with Gasteiger partial charge in [0.25, 0.3) is 16.0 Å². The first-order valence-corrected chi connectivity index (χ1v) is 4.91. The third-order valence-corrected chi connectivity index (χ3v) is 2.38. The molecule has 0 atom stereocenters. The smallest absolute Gasteiger partial charge is 0.288 e. The summed E-state index contributed by atoms with van der Waals surface area (Å²) in [5.74, 6) is -0.758. The van der Waals surface area contributed by atoms with Crippen molar-refractivity contribution in [1.29, 1.82) is 0 Å². The molecule has 1 aromatic carbocycles. The SMILES string of the molecule is O=C(NO)c1ccc(S(=O)(=O)O)cc1. The number of carbonyl (C=O) groups is 1. The van der Waals surface area contributed by atoms with Crippen molar-refractivity contribution in [3.63, 3.8) is 0 Å². The molecule has 0 aromatic heterocycles. The average molecular weight is 217 g/mol. The molecule has 0 aliphatic heterocycles. The maximum absolute atomic E-state index is 10.8. The summed E-state index contributed by atoms with van der Waals surface area (Å²) in [6, 6.07) is 4.43. The van der Waals surface area contributed by atoms with Crippen molar-refractivity contribution in [2.45, 2.75) is 4.90 Å². The molecular weight excluding hydrogens is 210 g/mol. The van der Waals surface area contributed by atoms with E-state index < -0.39 is 16.0 Å². The number of hydrogen-bond donors (Lipinski definition) is 3. The van der Waals surface area contributed by atoms with E-state index in [0.717, 1.165) is 24.3 Å². The number of amides is 1. The van der Waals surface area contributed by atoms with Gasteiger partial charge in [0, 0.05) is 5.56 Å². The Morgan fingerprint density at radius 2 is 1.71 bits per heavy atom. The molecule has 76 valence electrons. The third kappa shape index (κ3) is 2.28. The highest BCUT2D eigenvalue weighted by molar-refractivity contribution is 7.85. The van der Waals surface area contributed by atoms with Crippen LogP contribution in [0.2, 0.25) is 0 Å². The van der Waals surface area contributed by atoms with Crippen molar-refractivity contribution in [3.05, 3.63) is 29.8 Å². The second-order valence-electron chi connectivity index (χ2n) is 2.44. The summed E-state index contributed by atoms with van der Waals surface area (Å²) >= 11 is 0. The van der Waals surface area contributed by atoms with Gasteiger partial charge < -0.3 is 0 Å². The lowest BCUT2D eigenvalue weighted by molar-refractivity contribution is 0.0706. The molecule has 0 spiro atoms. The topological polar surface area (TPSA) is 104 Å². The monoisotopic (exact) mass is 217 g/mol. The van der Waals surface area contributed by atoms with Crippen molar-refractivity contribution < 1.29 is 23.0 Å². The van der Waals surface area contributed by atoms with Gasteiger partial charge in [-0.05, 0) is 24.3 Å². The summed E-state index contributed by atoms with van der Waals surface area (Å²) in [6.07, 6.45) is 0. The van der Waals surface area contributed by atoms with E-state index in [9.17, 15) is 13.2 Å². The van der Waals surface area contributed by atoms with Gasteiger partial charge in [-0.25, -0.2) is 5.48 Å². The van der Waals surface area contributed by atoms with Gasteiger partial charge >= 0.3 is 0 Å². The second-order valence-corrected chi connectivity index (χ2v) is 3.86. The first-order valence-electron chi connectivity index (χ1n) is 3.47. The zero-order valence-electron chi connectivity index (χ0n) is 6.84. The quantitative estimate of drug-likeness (QED) is 0.369. The molecule has 0 unspecified atom stereocenters. The van der Waals surface area contributed by atoms with Gasteiger partial charge in [0.05, 0.1) is 4.90 Å². The molecule has 0 radical (unpaired) electrons. The zero-order chi connectivity index (χ0) is 10.8. The van der Waals surface area contributed by atoms with E-state index in [1.54, 1.807) is 0 Å². The normalized spacial score (nSPS) is 11.0. The van der Waals surface area contributed by atoms with Gasteiger partial charge in [0.15, 0.2) is 0 Å². The van der Waals surface area contributed by atoms with Crippen molar-refractivity contribution in [1.82, 2.24) is 5.48 Å². The maximum atomic E-state index is 10.8. The van der Waals surface area contributed by atoms with Gasteiger partial charge in [0.1, 0.15) is 0 Å². The minimum Gasteiger partial charge on any atom is -0.288 e. The molecule has 7 heteroatoms. The molecule has 0 aliphatic carbocycles. The van der Waals surface area contributed by atoms with Crippen LogP contribution in [0.15, 0.2) is 29.2 Å². The Morgan fingerprint density at radius 1 is 1.21 bits per heavy atom. The summed E-state index contributed by atoms with van der Waals surface area (Å²) in [6.45, 7) is 0. The van der Waals surface area contributed by atoms with Gasteiger partial charge in [0.2, 0.25) is 0 Å². The van der Waals surface area contributed by atoms with E-state index in [4.69, 9.17) is 9.76 Å². The Bertz CT molecular complexity index is 436. The predicted molar refractivity (Wildman–Crippen MR) is 45.5 cm³/mol. The average Bonchev–Trinajstić information content (AvgIpc) is 2.15. The molecule has 14 heavy (non-hydrogen) atoms. The fourth-order valence-corrected chi connectivity index (χ4v) is 1.32. The van der Waals surface area contributed by atoms with Crippen LogP contribution in [0.25, 0.3) is 0 Å². The van der Waals surface area contributed by atoms with Crippen LogP contribution in [0.5, 0.6) is 0 Å². The highest BCUT2D eigenvalue weighted by Crippen LogP contribution is 2.09. The van der Waals surface area contributed by atoms with Crippen LogP contribution in [0, 0.1) is 0 Å². The van der Waals surface area contributed by atoms with Crippen LogP contribution in [-0.2, 0) is 10.1 Å². The Hall–Kier alpha value is -1.44. The molecule has 0 fully saturated rings. The van der Waals surface area contributed by atoms with E-state index in [1.165, 1.54) is 5.48 Å². The Kier molecular flexibility index (Phi) is 2.84. The second kappa shape index (κ2) is 3.74. The van der Waals surface area contributed by atoms with Gasteiger partial charge in [-0.1, -0.05) is 0 Å². The molecule has 6 nitrogen and oxygen atoms in total. The van der Waals surface area contributed by atoms with E-state index >= 15 is 0 Å². The number of hydroxylamine groups is 1. The Balaban J connectivity index is 3.07. The molecule has 0 heterocycles. The summed E-state index contributed by atoms with van der Waals surface area (Å²) in [7, 11) is -4.25. The Labute approximate surface area is 79.9 Å². The van der Waals surface area contributed by atoms with Crippen molar-refractivity contribution >= 4 is 16.0 Å². The number of benzene rings is 1. The van der Waals surface area contributed by atoms with Crippen molar-refractivity contribution in [2.75, 3.05) is 0 Å². The molecule has 1 aromatic rings. The molecule has 3 N–H and O–H groups in total. The summed E-state index contributed by atoms with van der Waals surface area (Å²) in [4.78, 5) is 10.5. The highest BCUT2D eigenvalue weighted by atomic mass is 32.2. The highest BCUT2D eigenvalue weighted by Gasteiger charge is 2.10. The molecule has 0 saturated carbocycles. The largest absolute Gasteiger partial charge is 0.294 e. The molecule has 1 amide bonds. The summed E-state index contributed by atoms with van der Waals surface area (Å²) in [5.41, 5.74) is 1.47. The van der Waals surface area contributed by atoms with Crippen LogP contribution in [0.3, 0.4) is 0 Å². The van der Waals surface area contributed by atoms with Crippen LogP contribution in [0.4, 0.5) is 0 Å². The van der Waals surface area contributed by atoms with E-state index in [0.29, 0.717) is 0 Å². The zero-order valence-corrected chi connectivity index (χ0v) is 7.65. The Morgan fingerprint density at radius 3 is 2.07 bits per heavy atom. The third-order valence-electron chi connectivity index (χ3n) is 1.52. The number of rotatable bonds is 2. The van der Waals surface area contributed by atoms with Gasteiger partial charge in [-0.2, -0.15) is 8.42 Å². The molecule has 1 rings (SSSR count). The fraction of sp³-hybridized carbons (Fsp3) is 0. The van der Waals surface area contributed by atoms with E-state index in [1.807, 2.05) is 0 Å². The lowest BCUT2D eigenvalue weighted by atomic mass is 10.2. The predicted octanol–water partition coefficient (Wildman–Crippen LogP) is 0.0523. The lowest BCUT2D eigenvalue weighted by Gasteiger charge is -1.99. The van der Waals surface area contributed by atoms with E-state index in [2.05, 4.69) is 0 Å². The molecule has 0 aliphatic rings. The maximum Gasteiger partial charge on any atom is 0.294 e. The minimum absolute atomic E-state index is 0.0832. The summed E-state index contributed by atoms with van der Waals surface area (Å²) in [5, 5.41) is 8.25. The number of hydrogen-bond acceptors (Lipinski definition) is 4. The van der Waals surface area contributed by atoms with Crippen LogP contribution in [0.1, 0.15) is 10.4 Å². The van der Waals surface area contributed by atoms with Crippen LogP contribution >= 0.6 is 0 Å². The number of carbonyl (C=O) groups excluding carboxylic acids is 1.